The highest BCUT2D eigenvalue weighted by molar-refractivity contribution is 6.34. The lowest BCUT2D eigenvalue weighted by Crippen LogP contribution is -2.66. The van der Waals surface area contributed by atoms with E-state index in [4.69, 9.17) is 0 Å². The van der Waals surface area contributed by atoms with E-state index in [-0.39, 0.29) is 10.4 Å². The number of aliphatic carboxylic acids is 1. The molecule has 1 heterocycles. The quantitative estimate of drug-likeness (QED) is 0.606. The van der Waals surface area contributed by atoms with Crippen LogP contribution < -0.4 is 0 Å². The summed E-state index contributed by atoms with van der Waals surface area (Å²) in [6.07, 6.45) is 2.08. The average molecular weight is 256 g/mol. The highest BCUT2D eigenvalue weighted by Crippen LogP contribution is 2.27. The fourth-order valence-electron chi connectivity index (χ4n) is 2.70. The van der Waals surface area contributed by atoms with Gasteiger partial charge >= 0.3 is 11.9 Å². The number of hydrogen-bond acceptors (Lipinski definition) is 3. The number of likely N-dealkylation sites (N-methyl/N-ethyl adjacent to an activating group) is 1. The van der Waals surface area contributed by atoms with Crippen LogP contribution >= 0.6 is 0 Å². The van der Waals surface area contributed by atoms with Crippen LogP contribution in [-0.4, -0.2) is 46.4 Å². The summed E-state index contributed by atoms with van der Waals surface area (Å²) in [6, 6.07) is -0.765. The third-order valence-corrected chi connectivity index (χ3v) is 3.87. The van der Waals surface area contributed by atoms with Crippen molar-refractivity contribution < 1.29 is 24.0 Å². The van der Waals surface area contributed by atoms with Crippen LogP contribution in [0, 0.1) is 5.92 Å². The largest absolute Gasteiger partial charge is 0.477 e. The Labute approximate surface area is 107 Å². The molecule has 1 fully saturated rings. The van der Waals surface area contributed by atoms with Crippen LogP contribution in [0.15, 0.2) is 0 Å². The van der Waals surface area contributed by atoms with Gasteiger partial charge in [0.05, 0.1) is 13.1 Å². The lowest BCUT2D eigenvalue weighted by Gasteiger charge is -2.42. The molecule has 0 aromatic rings. The van der Waals surface area contributed by atoms with Gasteiger partial charge in [-0.25, -0.2) is 14.1 Å². The molecule has 1 aliphatic heterocycles. The molecule has 1 rings (SSSR count). The number of carbonyl (C=O) groups is 3. The predicted octanol–water partition coefficient (Wildman–Crippen LogP) is 1.21. The second kappa shape index (κ2) is 5.61. The van der Waals surface area contributed by atoms with E-state index in [1.54, 1.807) is 20.8 Å². The number of quaternary nitrogens is 1. The fraction of sp³-hybridized carbons (Fsp3) is 0.769. The number of rotatable bonds is 4. The number of carboxylic acids is 1. The lowest BCUT2D eigenvalue weighted by molar-refractivity contribution is -0.871. The van der Waals surface area contributed by atoms with Gasteiger partial charge in [0.1, 0.15) is 0 Å². The molecule has 102 valence electrons. The van der Waals surface area contributed by atoms with Crippen molar-refractivity contribution in [3.05, 3.63) is 0 Å². The van der Waals surface area contributed by atoms with Crippen LogP contribution in [0.25, 0.3) is 0 Å². The number of carbonyl (C=O) groups excluding carboxylic acids is 2. The van der Waals surface area contributed by atoms with Crippen LogP contribution in [-0.2, 0) is 14.4 Å². The summed E-state index contributed by atoms with van der Waals surface area (Å²) in [4.78, 5) is 35.6. The topological polar surface area (TPSA) is 71.4 Å². The molecule has 2 unspecified atom stereocenters. The molecule has 0 saturated carbocycles. The second-order valence-electron chi connectivity index (χ2n) is 5.25. The molecule has 18 heavy (non-hydrogen) atoms. The Hall–Kier alpha value is -1.23. The van der Waals surface area contributed by atoms with E-state index >= 15 is 0 Å². The predicted molar refractivity (Wildman–Crippen MR) is 65.8 cm³/mol. The van der Waals surface area contributed by atoms with Crippen LogP contribution in [0.1, 0.15) is 40.0 Å². The summed E-state index contributed by atoms with van der Waals surface area (Å²) in [5.74, 6) is -2.33. The van der Waals surface area contributed by atoms with Crippen molar-refractivity contribution in [2.75, 3.05) is 13.1 Å². The third-order valence-electron chi connectivity index (χ3n) is 3.87. The summed E-state index contributed by atoms with van der Waals surface area (Å²) in [6.45, 7) is 5.96. The molecule has 0 radical (unpaired) electrons. The third kappa shape index (κ3) is 2.46. The molecule has 5 nitrogen and oxygen atoms in total. The molecular formula is C13H22NO4+. The van der Waals surface area contributed by atoms with E-state index in [9.17, 15) is 19.5 Å². The molecule has 1 aliphatic rings. The standard InChI is InChI=1S/C13H21NO4/c1-4-14(12(16)11(15)9(2)3)8-6-5-7-10(14)13(17)18/h9-10H,4-8H2,1-3H3/p+1. The van der Waals surface area contributed by atoms with E-state index in [2.05, 4.69) is 0 Å². The van der Waals surface area contributed by atoms with Crippen LogP contribution in [0.3, 0.4) is 0 Å². The molecule has 1 saturated heterocycles. The van der Waals surface area contributed by atoms with Gasteiger partial charge < -0.3 is 5.11 Å². The van der Waals surface area contributed by atoms with Crippen molar-refractivity contribution in [1.29, 1.82) is 0 Å². The monoisotopic (exact) mass is 256 g/mol. The van der Waals surface area contributed by atoms with Gasteiger partial charge in [-0.3, -0.25) is 4.79 Å². The van der Waals surface area contributed by atoms with E-state index in [1.807, 2.05) is 0 Å². The summed E-state index contributed by atoms with van der Waals surface area (Å²) in [7, 11) is 0. The molecule has 0 aromatic carbocycles. The summed E-state index contributed by atoms with van der Waals surface area (Å²) < 4.78 is -0.202. The first-order chi connectivity index (χ1) is 8.36. The molecule has 1 N–H and O–H groups in total. The van der Waals surface area contributed by atoms with Crippen molar-refractivity contribution in [2.24, 2.45) is 5.92 Å². The molecule has 2 atom stereocenters. The number of likely N-dealkylation sites (tertiary alicyclic amines) is 1. The minimum Gasteiger partial charge on any atom is -0.477 e. The van der Waals surface area contributed by atoms with Gasteiger partial charge in [-0.05, 0) is 19.8 Å². The number of piperidine rings is 1. The van der Waals surface area contributed by atoms with Gasteiger partial charge in [0.2, 0.25) is 0 Å². The van der Waals surface area contributed by atoms with Gasteiger partial charge in [-0.2, -0.15) is 0 Å². The highest BCUT2D eigenvalue weighted by Gasteiger charge is 2.51. The Morgan fingerprint density at radius 3 is 2.33 bits per heavy atom. The Kier molecular flexibility index (Phi) is 4.62. The molecule has 0 spiro atoms. The van der Waals surface area contributed by atoms with Crippen molar-refractivity contribution in [3.63, 3.8) is 0 Å². The molecule has 0 bridgehead atoms. The fourth-order valence-corrected chi connectivity index (χ4v) is 2.70. The first kappa shape index (κ1) is 14.8. The zero-order chi connectivity index (χ0) is 13.9. The van der Waals surface area contributed by atoms with Crippen LogP contribution in [0.2, 0.25) is 0 Å². The SMILES string of the molecule is CC[N+]1(C(=O)C(=O)C(C)C)CCCCC1C(=O)O. The van der Waals surface area contributed by atoms with Crippen LogP contribution in [0.4, 0.5) is 0 Å². The Morgan fingerprint density at radius 1 is 1.28 bits per heavy atom. The minimum absolute atomic E-state index is 0.202. The molecule has 1 amide bonds. The normalized spacial score (nSPS) is 28.1. The molecule has 0 aliphatic carbocycles. The average Bonchev–Trinajstić information content (AvgIpc) is 2.36. The zero-order valence-electron chi connectivity index (χ0n) is 11.3. The maximum Gasteiger partial charge on any atom is 0.382 e. The van der Waals surface area contributed by atoms with Crippen molar-refractivity contribution in [1.82, 2.24) is 0 Å². The van der Waals surface area contributed by atoms with E-state index in [0.717, 1.165) is 12.8 Å². The first-order valence-electron chi connectivity index (χ1n) is 6.55. The Balaban J connectivity index is 3.12. The van der Waals surface area contributed by atoms with E-state index in [0.29, 0.717) is 19.5 Å². The second-order valence-corrected chi connectivity index (χ2v) is 5.25. The summed E-state index contributed by atoms with van der Waals surface area (Å²) >= 11 is 0. The number of ketones is 1. The maximum atomic E-state index is 12.4. The van der Waals surface area contributed by atoms with Gasteiger partial charge in [0, 0.05) is 12.3 Å². The van der Waals surface area contributed by atoms with Gasteiger partial charge in [-0.1, -0.05) is 13.8 Å². The van der Waals surface area contributed by atoms with Crippen molar-refractivity contribution >= 4 is 17.7 Å². The lowest BCUT2D eigenvalue weighted by atomic mass is 9.95. The van der Waals surface area contributed by atoms with Crippen molar-refractivity contribution in [2.45, 2.75) is 46.1 Å². The van der Waals surface area contributed by atoms with Gasteiger partial charge in [-0.15, -0.1) is 0 Å². The highest BCUT2D eigenvalue weighted by atomic mass is 16.4. The number of hydrogen-bond donors (Lipinski definition) is 1. The van der Waals surface area contributed by atoms with Crippen LogP contribution in [0.5, 0.6) is 0 Å². The number of Topliss-reactive ketones (excluding diaryl/α,β-unsaturated/α-hetero) is 1. The minimum atomic E-state index is -0.971. The summed E-state index contributed by atoms with van der Waals surface area (Å²) in [5, 5.41) is 9.30. The molecule has 5 heteroatoms. The number of nitrogens with zero attached hydrogens (tertiary/aromatic N) is 1. The van der Waals surface area contributed by atoms with E-state index in [1.165, 1.54) is 0 Å². The smallest absolute Gasteiger partial charge is 0.382 e. The molecule has 0 aromatic heterocycles. The van der Waals surface area contributed by atoms with E-state index < -0.39 is 23.7 Å². The Bertz CT molecular complexity index is 364. The first-order valence-corrected chi connectivity index (χ1v) is 6.55. The van der Waals surface area contributed by atoms with Gasteiger partial charge in [0.25, 0.3) is 5.78 Å². The summed E-state index contributed by atoms with van der Waals surface area (Å²) in [5.41, 5.74) is 0. The van der Waals surface area contributed by atoms with Gasteiger partial charge in [0.15, 0.2) is 6.04 Å². The Morgan fingerprint density at radius 2 is 1.89 bits per heavy atom. The molecular weight excluding hydrogens is 234 g/mol. The van der Waals surface area contributed by atoms with Crippen molar-refractivity contribution in [3.8, 4) is 0 Å². The number of carboxylic acid groups (broad SMARTS) is 1. The number of amides is 1. The maximum absolute atomic E-state index is 12.4. The zero-order valence-corrected chi connectivity index (χ0v) is 11.3.